The van der Waals surface area contributed by atoms with Crippen molar-refractivity contribution in [3.8, 4) is 0 Å². The molecule has 1 N–H and O–H groups in total. The summed E-state index contributed by atoms with van der Waals surface area (Å²) in [6.07, 6.45) is 4.59. The van der Waals surface area contributed by atoms with Gasteiger partial charge in [-0.3, -0.25) is 4.79 Å². The Morgan fingerprint density at radius 1 is 1.78 bits per heavy atom. The first-order valence-corrected chi connectivity index (χ1v) is 2.95. The van der Waals surface area contributed by atoms with E-state index in [1.165, 1.54) is 6.08 Å². The summed E-state index contributed by atoms with van der Waals surface area (Å²) in [5, 5.41) is 8.36. The summed E-state index contributed by atoms with van der Waals surface area (Å²) in [6, 6.07) is 0. The van der Waals surface area contributed by atoms with Gasteiger partial charge in [-0.05, 0) is 25.8 Å². The first-order chi connectivity index (χ1) is 4.31. The Labute approximate surface area is 55.2 Å². The molecule has 0 unspecified atom stereocenters. The Hall–Kier alpha value is -0.630. The zero-order valence-corrected chi connectivity index (χ0v) is 5.55. The summed E-state index contributed by atoms with van der Waals surface area (Å²) in [4.78, 5) is 9.71. The van der Waals surface area contributed by atoms with Gasteiger partial charge in [-0.2, -0.15) is 0 Å². The molecule has 51 valence electrons. The van der Waals surface area contributed by atoms with Crippen LogP contribution < -0.4 is 0 Å². The lowest BCUT2D eigenvalue weighted by molar-refractivity contribution is 0.288. The van der Waals surface area contributed by atoms with Crippen molar-refractivity contribution < 1.29 is 9.90 Å². The number of aliphatic hydroxyl groups is 1. The molecule has 0 fully saturated rings. The lowest BCUT2D eigenvalue weighted by Crippen LogP contribution is -1.83. The minimum absolute atomic E-state index is 0.185. The lowest BCUT2D eigenvalue weighted by atomic mass is 10.2. The van der Waals surface area contributed by atoms with Crippen molar-refractivity contribution in [2.45, 2.75) is 19.8 Å². The monoisotopic (exact) mass is 127 g/mol. The Morgan fingerprint density at radius 3 is 2.89 bits per heavy atom. The first kappa shape index (κ1) is 8.37. The summed E-state index contributed by atoms with van der Waals surface area (Å²) in [7, 11) is 0. The zero-order valence-electron chi connectivity index (χ0n) is 5.55. The number of hydrogen-bond acceptors (Lipinski definition) is 2. The molecule has 0 rings (SSSR count). The number of rotatable bonds is 4. The Morgan fingerprint density at radius 2 is 2.44 bits per heavy atom. The van der Waals surface area contributed by atoms with Crippen molar-refractivity contribution in [2.75, 3.05) is 6.61 Å². The predicted octanol–water partition coefficient (Wildman–Crippen LogP) is 0.815. The maximum atomic E-state index is 9.71. The number of carbonyl (C=O) groups excluding carboxylic acids is 1. The van der Waals surface area contributed by atoms with E-state index in [9.17, 15) is 4.79 Å². The van der Waals surface area contributed by atoms with Crippen LogP contribution in [0.1, 0.15) is 19.8 Å². The van der Waals surface area contributed by atoms with Crippen LogP contribution in [0.15, 0.2) is 11.6 Å². The van der Waals surface area contributed by atoms with E-state index in [0.29, 0.717) is 0 Å². The Balaban J connectivity index is 3.36. The highest BCUT2D eigenvalue weighted by molar-refractivity contribution is 5.66. The van der Waals surface area contributed by atoms with E-state index >= 15 is 0 Å². The SMILES string of the molecule is CC(=C[C]=O)CCCO. The van der Waals surface area contributed by atoms with Gasteiger partial charge in [-0.1, -0.05) is 5.57 Å². The number of aliphatic hydroxyl groups excluding tert-OH is 1. The molecule has 2 nitrogen and oxygen atoms in total. The molecule has 9 heavy (non-hydrogen) atoms. The highest BCUT2D eigenvalue weighted by Gasteiger charge is 1.87. The second-order valence-corrected chi connectivity index (χ2v) is 1.94. The number of allylic oxidation sites excluding steroid dienone is 2. The topological polar surface area (TPSA) is 37.3 Å². The molecule has 0 aliphatic rings. The van der Waals surface area contributed by atoms with Crippen molar-refractivity contribution in [3.63, 3.8) is 0 Å². The van der Waals surface area contributed by atoms with E-state index in [-0.39, 0.29) is 6.61 Å². The van der Waals surface area contributed by atoms with E-state index in [1.54, 1.807) is 6.29 Å². The predicted molar refractivity (Wildman–Crippen MR) is 35.8 cm³/mol. The molecule has 0 saturated heterocycles. The van der Waals surface area contributed by atoms with Crippen LogP contribution in [0.5, 0.6) is 0 Å². The van der Waals surface area contributed by atoms with Gasteiger partial charge < -0.3 is 5.11 Å². The summed E-state index contributed by atoms with van der Waals surface area (Å²) in [5.41, 5.74) is 0.971. The van der Waals surface area contributed by atoms with Gasteiger partial charge in [0.1, 0.15) is 0 Å². The normalized spacial score (nSPS) is 11.6. The van der Waals surface area contributed by atoms with Crippen LogP contribution in [0, 0.1) is 0 Å². The third kappa shape index (κ3) is 5.24. The summed E-state index contributed by atoms with van der Waals surface area (Å²) in [6.45, 7) is 2.03. The minimum atomic E-state index is 0.185. The van der Waals surface area contributed by atoms with Crippen LogP contribution in [-0.2, 0) is 4.79 Å². The van der Waals surface area contributed by atoms with Crippen LogP contribution in [-0.4, -0.2) is 18.0 Å². The molecule has 1 radical (unpaired) electrons. The molecule has 0 heterocycles. The molecule has 0 aromatic heterocycles. The fourth-order valence-electron chi connectivity index (χ4n) is 0.531. The van der Waals surface area contributed by atoms with Gasteiger partial charge in [0.2, 0.25) is 6.29 Å². The van der Waals surface area contributed by atoms with Gasteiger partial charge >= 0.3 is 0 Å². The molecule has 0 aromatic carbocycles. The van der Waals surface area contributed by atoms with Crippen molar-refractivity contribution in [3.05, 3.63) is 11.6 Å². The van der Waals surface area contributed by atoms with Gasteiger partial charge in [-0.25, -0.2) is 0 Å². The van der Waals surface area contributed by atoms with Gasteiger partial charge in [0.15, 0.2) is 0 Å². The third-order valence-electron chi connectivity index (χ3n) is 1.03. The molecule has 0 saturated carbocycles. The second kappa shape index (κ2) is 5.51. The summed E-state index contributed by atoms with van der Waals surface area (Å²) < 4.78 is 0. The van der Waals surface area contributed by atoms with E-state index < -0.39 is 0 Å². The summed E-state index contributed by atoms with van der Waals surface area (Å²) in [5.74, 6) is 0. The second-order valence-electron chi connectivity index (χ2n) is 1.94. The van der Waals surface area contributed by atoms with Crippen LogP contribution in [0.4, 0.5) is 0 Å². The molecule has 2 heteroatoms. The van der Waals surface area contributed by atoms with Gasteiger partial charge in [0.05, 0.1) is 0 Å². The maximum absolute atomic E-state index is 9.71. The average Bonchev–Trinajstić information content (AvgIpc) is 1.85. The van der Waals surface area contributed by atoms with Crippen LogP contribution in [0.25, 0.3) is 0 Å². The number of hydrogen-bond donors (Lipinski definition) is 1. The fourth-order valence-corrected chi connectivity index (χ4v) is 0.531. The van der Waals surface area contributed by atoms with E-state index in [4.69, 9.17) is 5.11 Å². The molecule has 0 aliphatic carbocycles. The first-order valence-electron chi connectivity index (χ1n) is 2.95. The van der Waals surface area contributed by atoms with Crippen LogP contribution >= 0.6 is 0 Å². The van der Waals surface area contributed by atoms with Crippen molar-refractivity contribution in [2.24, 2.45) is 0 Å². The molecule has 0 bridgehead atoms. The van der Waals surface area contributed by atoms with E-state index in [0.717, 1.165) is 18.4 Å². The van der Waals surface area contributed by atoms with E-state index in [2.05, 4.69) is 0 Å². The zero-order chi connectivity index (χ0) is 7.11. The molecule has 0 spiro atoms. The molecule has 0 aromatic rings. The maximum Gasteiger partial charge on any atom is 0.225 e. The summed E-state index contributed by atoms with van der Waals surface area (Å²) >= 11 is 0. The largest absolute Gasteiger partial charge is 0.396 e. The van der Waals surface area contributed by atoms with Crippen molar-refractivity contribution in [1.29, 1.82) is 0 Å². The molecule has 0 atom stereocenters. The molecule has 0 aliphatic heterocycles. The smallest absolute Gasteiger partial charge is 0.225 e. The fraction of sp³-hybridized carbons (Fsp3) is 0.571. The van der Waals surface area contributed by atoms with Crippen molar-refractivity contribution >= 4 is 6.29 Å². The minimum Gasteiger partial charge on any atom is -0.396 e. The molecular weight excluding hydrogens is 116 g/mol. The van der Waals surface area contributed by atoms with Gasteiger partial charge in [0.25, 0.3) is 0 Å². The third-order valence-corrected chi connectivity index (χ3v) is 1.03. The van der Waals surface area contributed by atoms with Gasteiger partial charge in [-0.15, -0.1) is 0 Å². The van der Waals surface area contributed by atoms with E-state index in [1.807, 2.05) is 6.92 Å². The molecule has 0 amide bonds. The Bertz CT molecular complexity index is 105. The van der Waals surface area contributed by atoms with Gasteiger partial charge in [0, 0.05) is 6.61 Å². The average molecular weight is 127 g/mol. The van der Waals surface area contributed by atoms with Crippen LogP contribution in [0.3, 0.4) is 0 Å². The quantitative estimate of drug-likeness (QED) is 0.567. The standard InChI is InChI=1S/C7H11O2/c1-7(4-6-9)3-2-5-8/h4,8H,2-3,5H2,1H3. The molecular formula is C7H11O2. The highest BCUT2D eigenvalue weighted by Crippen LogP contribution is 2.00. The van der Waals surface area contributed by atoms with Crippen molar-refractivity contribution in [1.82, 2.24) is 0 Å². The highest BCUT2D eigenvalue weighted by atomic mass is 16.2. The lowest BCUT2D eigenvalue weighted by Gasteiger charge is -1.93. The van der Waals surface area contributed by atoms with Crippen LogP contribution in [0.2, 0.25) is 0 Å². The Kier molecular flexibility index (Phi) is 5.12.